The van der Waals surface area contributed by atoms with Gasteiger partial charge in [-0.2, -0.15) is 0 Å². The number of hydrogen-bond acceptors (Lipinski definition) is 4. The summed E-state index contributed by atoms with van der Waals surface area (Å²) >= 11 is 5.31. The van der Waals surface area contributed by atoms with Gasteiger partial charge in [0.1, 0.15) is 0 Å². The number of thiophene rings is 1. The fourth-order valence-corrected chi connectivity index (χ4v) is 4.64. The zero-order chi connectivity index (χ0) is 14.7. The van der Waals surface area contributed by atoms with Gasteiger partial charge in [-0.15, -0.1) is 23.7 Å². The summed E-state index contributed by atoms with van der Waals surface area (Å²) in [4.78, 5) is 18.4. The summed E-state index contributed by atoms with van der Waals surface area (Å²) in [6, 6.07) is 4.29. The summed E-state index contributed by atoms with van der Waals surface area (Å²) in [6.07, 6.45) is 2.00. The zero-order valence-electron chi connectivity index (χ0n) is 12.6. The third kappa shape index (κ3) is 4.68. The second kappa shape index (κ2) is 8.64. The van der Waals surface area contributed by atoms with Gasteiger partial charge in [-0.25, -0.2) is 0 Å². The van der Waals surface area contributed by atoms with Gasteiger partial charge in [-0.1, -0.05) is 0 Å². The molecular weight excluding hydrogens is 386 g/mol. The molecule has 2 aliphatic heterocycles. The van der Waals surface area contributed by atoms with Crippen LogP contribution >= 0.6 is 39.7 Å². The lowest BCUT2D eigenvalue weighted by molar-refractivity contribution is -0.138. The fourth-order valence-electron chi connectivity index (χ4n) is 3.11. The molecule has 0 spiro atoms. The molecule has 2 aliphatic rings. The molecule has 2 saturated heterocycles. The van der Waals surface area contributed by atoms with Gasteiger partial charge >= 0.3 is 0 Å². The number of carbonyl (C=O) groups is 1. The Bertz CT molecular complexity index is 485. The van der Waals surface area contributed by atoms with Gasteiger partial charge in [-0.05, 0) is 54.0 Å². The highest BCUT2D eigenvalue weighted by Gasteiger charge is 2.28. The van der Waals surface area contributed by atoms with Crippen LogP contribution in [0.25, 0.3) is 0 Å². The van der Waals surface area contributed by atoms with Crippen molar-refractivity contribution in [2.45, 2.75) is 19.4 Å². The summed E-state index contributed by atoms with van der Waals surface area (Å²) in [5.74, 6) is 0.640. The van der Waals surface area contributed by atoms with Crippen molar-refractivity contribution >= 4 is 45.6 Å². The number of hydrogen-bond donors (Lipinski definition) is 1. The molecule has 7 heteroatoms. The summed E-state index contributed by atoms with van der Waals surface area (Å²) in [6.45, 7) is 6.74. The van der Waals surface area contributed by atoms with E-state index in [4.69, 9.17) is 0 Å². The Labute approximate surface area is 150 Å². The van der Waals surface area contributed by atoms with Gasteiger partial charge in [0, 0.05) is 43.5 Å². The minimum atomic E-state index is 0. The predicted octanol–water partition coefficient (Wildman–Crippen LogP) is 2.58. The average Bonchev–Trinajstić information content (AvgIpc) is 2.93. The van der Waals surface area contributed by atoms with Gasteiger partial charge in [0.15, 0.2) is 0 Å². The smallest absolute Gasteiger partial charge is 0.225 e. The maximum absolute atomic E-state index is 12.5. The van der Waals surface area contributed by atoms with Crippen molar-refractivity contribution in [1.82, 2.24) is 15.1 Å². The quantitative estimate of drug-likeness (QED) is 0.835. The molecule has 0 atom stereocenters. The second-order valence-corrected chi connectivity index (χ2v) is 8.38. The van der Waals surface area contributed by atoms with Crippen molar-refractivity contribution in [1.29, 1.82) is 0 Å². The first-order valence-corrected chi connectivity index (χ1v) is 9.29. The molecule has 3 heterocycles. The summed E-state index contributed by atoms with van der Waals surface area (Å²) in [5, 5.41) is 3.33. The molecule has 0 aliphatic carbocycles. The lowest BCUT2D eigenvalue weighted by Crippen LogP contribution is -2.51. The van der Waals surface area contributed by atoms with Crippen molar-refractivity contribution in [3.8, 4) is 0 Å². The molecule has 0 saturated carbocycles. The Balaban J connectivity index is 0.00000176. The van der Waals surface area contributed by atoms with Crippen molar-refractivity contribution in [2.75, 3.05) is 39.3 Å². The number of piperidine rings is 1. The van der Waals surface area contributed by atoms with Crippen LogP contribution in [0.2, 0.25) is 0 Å². The van der Waals surface area contributed by atoms with E-state index in [0.29, 0.717) is 5.91 Å². The molecule has 3 rings (SSSR count). The largest absolute Gasteiger partial charge is 0.340 e. The number of piperazine rings is 1. The lowest BCUT2D eigenvalue weighted by Gasteiger charge is -2.37. The van der Waals surface area contributed by atoms with Crippen molar-refractivity contribution in [3.63, 3.8) is 0 Å². The third-order valence-corrected chi connectivity index (χ3v) is 5.99. The molecule has 22 heavy (non-hydrogen) atoms. The van der Waals surface area contributed by atoms with E-state index in [1.54, 1.807) is 11.3 Å². The number of nitrogens with zero attached hydrogens (tertiary/aromatic N) is 2. The Kier molecular flexibility index (Phi) is 7.15. The van der Waals surface area contributed by atoms with E-state index < -0.39 is 0 Å². The molecule has 0 unspecified atom stereocenters. The Morgan fingerprint density at radius 2 is 1.91 bits per heavy atom. The van der Waals surface area contributed by atoms with E-state index in [1.165, 1.54) is 8.66 Å². The van der Waals surface area contributed by atoms with Crippen LogP contribution < -0.4 is 5.32 Å². The van der Waals surface area contributed by atoms with E-state index in [-0.39, 0.29) is 18.3 Å². The Morgan fingerprint density at radius 1 is 1.23 bits per heavy atom. The topological polar surface area (TPSA) is 35.6 Å². The highest BCUT2D eigenvalue weighted by atomic mass is 79.9. The van der Waals surface area contributed by atoms with Gasteiger partial charge in [0.2, 0.25) is 5.91 Å². The molecule has 1 amide bonds. The summed E-state index contributed by atoms with van der Waals surface area (Å²) in [7, 11) is 0. The van der Waals surface area contributed by atoms with E-state index >= 15 is 0 Å². The fraction of sp³-hybridized carbons (Fsp3) is 0.667. The van der Waals surface area contributed by atoms with Crippen LogP contribution in [0.4, 0.5) is 0 Å². The van der Waals surface area contributed by atoms with Crippen LogP contribution in [0.3, 0.4) is 0 Å². The first-order chi connectivity index (χ1) is 10.2. The highest BCUT2D eigenvalue weighted by Crippen LogP contribution is 2.24. The summed E-state index contributed by atoms with van der Waals surface area (Å²) in [5.41, 5.74) is 0. The molecule has 1 aromatic rings. The first kappa shape index (κ1) is 18.2. The van der Waals surface area contributed by atoms with Gasteiger partial charge in [0.25, 0.3) is 0 Å². The third-order valence-electron chi connectivity index (χ3n) is 4.38. The molecule has 2 fully saturated rings. The van der Waals surface area contributed by atoms with E-state index in [2.05, 4.69) is 43.2 Å². The monoisotopic (exact) mass is 407 g/mol. The average molecular weight is 409 g/mol. The van der Waals surface area contributed by atoms with Crippen molar-refractivity contribution in [3.05, 3.63) is 20.8 Å². The Hall–Kier alpha value is -0.140. The van der Waals surface area contributed by atoms with E-state index in [0.717, 1.165) is 58.7 Å². The minimum Gasteiger partial charge on any atom is -0.340 e. The highest BCUT2D eigenvalue weighted by molar-refractivity contribution is 9.11. The van der Waals surface area contributed by atoms with E-state index in [9.17, 15) is 4.79 Å². The van der Waals surface area contributed by atoms with Crippen LogP contribution in [0.5, 0.6) is 0 Å². The normalized spacial score (nSPS) is 20.7. The maximum atomic E-state index is 12.5. The second-order valence-electron chi connectivity index (χ2n) is 5.83. The minimum absolute atomic E-state index is 0. The number of nitrogens with one attached hydrogen (secondary N) is 1. The van der Waals surface area contributed by atoms with Gasteiger partial charge in [-0.3, -0.25) is 9.69 Å². The maximum Gasteiger partial charge on any atom is 0.225 e. The van der Waals surface area contributed by atoms with Crippen LogP contribution in [0.15, 0.2) is 15.9 Å². The van der Waals surface area contributed by atoms with Crippen LogP contribution in [-0.4, -0.2) is 55.0 Å². The number of amides is 1. The van der Waals surface area contributed by atoms with Crippen LogP contribution in [-0.2, 0) is 11.3 Å². The lowest BCUT2D eigenvalue weighted by atomic mass is 9.96. The SMILES string of the molecule is Cl.O=C(C1CCNCC1)N1CCN(Cc2ccc(Br)s2)CC1. The number of halogens is 2. The Morgan fingerprint density at radius 3 is 2.50 bits per heavy atom. The van der Waals surface area contributed by atoms with Gasteiger partial charge < -0.3 is 10.2 Å². The molecule has 4 nitrogen and oxygen atoms in total. The van der Waals surface area contributed by atoms with Crippen molar-refractivity contribution < 1.29 is 4.79 Å². The molecule has 124 valence electrons. The molecule has 0 bridgehead atoms. The molecular formula is C15H23BrClN3OS. The van der Waals surface area contributed by atoms with Crippen LogP contribution in [0, 0.1) is 5.92 Å². The van der Waals surface area contributed by atoms with E-state index in [1.807, 2.05) is 0 Å². The van der Waals surface area contributed by atoms with Crippen molar-refractivity contribution in [2.24, 2.45) is 5.92 Å². The first-order valence-electron chi connectivity index (χ1n) is 7.68. The molecule has 1 aromatic heterocycles. The molecule has 0 radical (unpaired) electrons. The van der Waals surface area contributed by atoms with Gasteiger partial charge in [0.05, 0.1) is 3.79 Å². The summed E-state index contributed by atoms with van der Waals surface area (Å²) < 4.78 is 1.19. The number of rotatable bonds is 3. The standard InChI is InChI=1S/C15H22BrN3OS.ClH/c16-14-2-1-13(21-14)11-18-7-9-19(10-8-18)15(20)12-3-5-17-6-4-12;/h1-2,12,17H,3-11H2;1H. The van der Waals surface area contributed by atoms with Crippen LogP contribution in [0.1, 0.15) is 17.7 Å². The number of carbonyl (C=O) groups excluding carboxylic acids is 1. The molecule has 0 aromatic carbocycles. The predicted molar refractivity (Wildman–Crippen MR) is 96.7 cm³/mol. The zero-order valence-corrected chi connectivity index (χ0v) is 15.8. The molecule has 1 N–H and O–H groups in total.